The highest BCUT2D eigenvalue weighted by Gasteiger charge is 2.29. The maximum absolute atomic E-state index is 12.3. The van der Waals surface area contributed by atoms with Crippen molar-refractivity contribution in [1.29, 1.82) is 0 Å². The number of pyridine rings is 1. The Hall–Kier alpha value is -2.75. The Bertz CT molecular complexity index is 874. The van der Waals surface area contributed by atoms with Crippen LogP contribution in [0.2, 0.25) is 0 Å². The molecule has 1 aromatic heterocycles. The number of nitrogens with zero attached hydrogens (tertiary/aromatic N) is 1. The topological polar surface area (TPSA) is 80.3 Å². The largest absolute Gasteiger partial charge is 0.468 e. The summed E-state index contributed by atoms with van der Waals surface area (Å²) in [4.78, 5) is 28.4. The first-order chi connectivity index (χ1) is 12.8. The molecule has 2 amide bonds. The third kappa shape index (κ3) is 5.13. The number of anilines is 1. The molecular weight excluding hydrogens is 383 g/mol. The van der Waals surface area contributed by atoms with Gasteiger partial charge in [0.2, 0.25) is 11.8 Å². The highest BCUT2D eigenvalue weighted by atomic mass is 32.2. The predicted octanol–water partition coefficient (Wildman–Crippen LogP) is 3.00. The number of thioether (sulfide) groups is 1. The Morgan fingerprint density at radius 3 is 2.93 bits per heavy atom. The zero-order valence-electron chi connectivity index (χ0n) is 13.8. The average molecular weight is 397 g/mol. The molecule has 6 nitrogen and oxygen atoms in total. The Kier molecular flexibility index (Phi) is 5.54. The number of hydrogen-bond donors (Lipinski definition) is 2. The Morgan fingerprint density at radius 1 is 1.33 bits per heavy atom. The second-order valence-corrected chi connectivity index (χ2v) is 6.62. The van der Waals surface area contributed by atoms with Crippen molar-refractivity contribution in [1.82, 2.24) is 10.3 Å². The molecule has 10 heteroatoms. The standard InChI is InChI=1S/C17H14F3N3O3S/c18-17(19,20)9-26-16-11(2-1-5-21-16)7-22-15(25)10-3-4-13-12(6-10)23-14(24)8-27-13/h1-6H,7-9H2,(H,22,25)(H,23,24). The van der Waals surface area contributed by atoms with E-state index in [0.717, 1.165) is 4.90 Å². The molecule has 1 aromatic carbocycles. The van der Waals surface area contributed by atoms with Crippen molar-refractivity contribution >= 4 is 29.3 Å². The Balaban J connectivity index is 1.66. The number of fused-ring (bicyclic) bond motifs is 1. The lowest BCUT2D eigenvalue weighted by molar-refractivity contribution is -0.154. The van der Waals surface area contributed by atoms with Crippen LogP contribution in [0, 0.1) is 0 Å². The number of hydrogen-bond acceptors (Lipinski definition) is 5. The van der Waals surface area contributed by atoms with Gasteiger partial charge in [-0.25, -0.2) is 4.98 Å². The fourth-order valence-corrected chi connectivity index (χ4v) is 3.13. The van der Waals surface area contributed by atoms with Crippen molar-refractivity contribution in [2.75, 3.05) is 17.7 Å². The second-order valence-electron chi connectivity index (χ2n) is 5.60. The van der Waals surface area contributed by atoms with Gasteiger partial charge in [0.15, 0.2) is 6.61 Å². The van der Waals surface area contributed by atoms with E-state index in [0.29, 0.717) is 22.6 Å². The first-order valence-electron chi connectivity index (χ1n) is 7.80. The molecule has 0 spiro atoms. The maximum Gasteiger partial charge on any atom is 0.422 e. The molecule has 3 rings (SSSR count). The van der Waals surface area contributed by atoms with Crippen LogP contribution in [0.25, 0.3) is 0 Å². The van der Waals surface area contributed by atoms with Gasteiger partial charge in [0, 0.05) is 28.8 Å². The number of aromatic nitrogens is 1. The summed E-state index contributed by atoms with van der Waals surface area (Å²) < 4.78 is 41.6. The van der Waals surface area contributed by atoms with Crippen LogP contribution in [0.1, 0.15) is 15.9 Å². The van der Waals surface area contributed by atoms with Crippen LogP contribution in [0.15, 0.2) is 41.4 Å². The number of halogens is 3. The van der Waals surface area contributed by atoms with E-state index in [2.05, 4.69) is 20.4 Å². The van der Waals surface area contributed by atoms with Gasteiger partial charge in [-0.05, 0) is 24.3 Å². The number of ether oxygens (including phenoxy) is 1. The van der Waals surface area contributed by atoms with Gasteiger partial charge in [0.1, 0.15) is 0 Å². The quantitative estimate of drug-likeness (QED) is 0.811. The lowest BCUT2D eigenvalue weighted by Crippen LogP contribution is -2.25. The summed E-state index contributed by atoms with van der Waals surface area (Å²) >= 11 is 1.38. The van der Waals surface area contributed by atoms with Gasteiger partial charge in [0.05, 0.1) is 11.4 Å². The van der Waals surface area contributed by atoms with E-state index in [9.17, 15) is 22.8 Å². The summed E-state index contributed by atoms with van der Waals surface area (Å²) in [6.45, 7) is -1.52. The first kappa shape index (κ1) is 19.0. The summed E-state index contributed by atoms with van der Waals surface area (Å²) in [5.74, 6) is -0.454. The molecule has 27 heavy (non-hydrogen) atoms. The van der Waals surface area contributed by atoms with E-state index >= 15 is 0 Å². The SMILES string of the molecule is O=C1CSc2ccc(C(=O)NCc3cccnc3OCC(F)(F)F)cc2N1. The third-order valence-corrected chi connectivity index (χ3v) is 4.61. The average Bonchev–Trinajstić information content (AvgIpc) is 2.63. The predicted molar refractivity (Wildman–Crippen MR) is 92.8 cm³/mol. The van der Waals surface area contributed by atoms with Gasteiger partial charge < -0.3 is 15.4 Å². The molecule has 0 aliphatic carbocycles. The highest BCUT2D eigenvalue weighted by molar-refractivity contribution is 8.00. The van der Waals surface area contributed by atoms with Crippen LogP contribution in [0.4, 0.5) is 18.9 Å². The number of benzene rings is 1. The molecule has 0 radical (unpaired) electrons. The fraction of sp³-hybridized carbons (Fsp3) is 0.235. The molecule has 2 aromatic rings. The van der Waals surface area contributed by atoms with Crippen molar-refractivity contribution in [3.63, 3.8) is 0 Å². The van der Waals surface area contributed by atoms with Crippen LogP contribution in [-0.4, -0.2) is 35.3 Å². The normalized spacial score (nSPS) is 13.5. The molecule has 142 valence electrons. The van der Waals surface area contributed by atoms with E-state index in [1.54, 1.807) is 18.2 Å². The zero-order valence-corrected chi connectivity index (χ0v) is 14.6. The van der Waals surface area contributed by atoms with Gasteiger partial charge in [-0.3, -0.25) is 9.59 Å². The first-order valence-corrected chi connectivity index (χ1v) is 8.79. The van der Waals surface area contributed by atoms with Gasteiger partial charge in [-0.1, -0.05) is 6.07 Å². The van der Waals surface area contributed by atoms with E-state index in [1.807, 2.05) is 0 Å². The van der Waals surface area contributed by atoms with Gasteiger partial charge in [-0.15, -0.1) is 11.8 Å². The minimum atomic E-state index is -4.48. The third-order valence-electron chi connectivity index (χ3n) is 3.54. The Morgan fingerprint density at radius 2 is 2.15 bits per heavy atom. The summed E-state index contributed by atoms with van der Waals surface area (Å²) in [5, 5.41) is 5.30. The van der Waals surface area contributed by atoms with Crippen LogP contribution in [-0.2, 0) is 11.3 Å². The molecule has 0 fully saturated rings. The van der Waals surface area contributed by atoms with Crippen molar-refractivity contribution in [2.45, 2.75) is 17.6 Å². The van der Waals surface area contributed by atoms with Crippen molar-refractivity contribution < 1.29 is 27.5 Å². The number of carbonyl (C=O) groups is 2. The minimum absolute atomic E-state index is 0.0575. The van der Waals surface area contributed by atoms with Crippen LogP contribution in [0.3, 0.4) is 0 Å². The fourth-order valence-electron chi connectivity index (χ4n) is 2.34. The second kappa shape index (κ2) is 7.87. The smallest absolute Gasteiger partial charge is 0.422 e. The molecule has 0 saturated carbocycles. The lowest BCUT2D eigenvalue weighted by Gasteiger charge is -2.17. The molecule has 0 bridgehead atoms. The number of rotatable bonds is 5. The monoisotopic (exact) mass is 397 g/mol. The lowest BCUT2D eigenvalue weighted by atomic mass is 10.1. The number of alkyl halides is 3. The molecule has 0 atom stereocenters. The van der Waals surface area contributed by atoms with Gasteiger partial charge >= 0.3 is 6.18 Å². The van der Waals surface area contributed by atoms with Crippen LogP contribution >= 0.6 is 11.8 Å². The minimum Gasteiger partial charge on any atom is -0.468 e. The van der Waals surface area contributed by atoms with E-state index in [4.69, 9.17) is 0 Å². The maximum atomic E-state index is 12.3. The number of amides is 2. The zero-order chi connectivity index (χ0) is 19.4. The summed E-state index contributed by atoms with van der Waals surface area (Å²) in [5.41, 5.74) is 1.19. The van der Waals surface area contributed by atoms with E-state index in [1.165, 1.54) is 30.1 Å². The Labute approximate surface area is 156 Å². The molecule has 2 heterocycles. The highest BCUT2D eigenvalue weighted by Crippen LogP contribution is 2.32. The molecule has 1 aliphatic rings. The van der Waals surface area contributed by atoms with Gasteiger partial charge in [-0.2, -0.15) is 13.2 Å². The summed E-state index contributed by atoms with van der Waals surface area (Å²) in [6, 6.07) is 7.95. The molecule has 0 unspecified atom stereocenters. The molecule has 2 N–H and O–H groups in total. The number of carbonyl (C=O) groups excluding carboxylic acids is 2. The van der Waals surface area contributed by atoms with Crippen LogP contribution in [0.5, 0.6) is 5.88 Å². The van der Waals surface area contributed by atoms with E-state index < -0.39 is 18.7 Å². The summed E-state index contributed by atoms with van der Waals surface area (Å²) in [7, 11) is 0. The molecule has 0 saturated heterocycles. The van der Waals surface area contributed by atoms with Crippen molar-refractivity contribution in [3.05, 3.63) is 47.7 Å². The van der Waals surface area contributed by atoms with Crippen molar-refractivity contribution in [2.24, 2.45) is 0 Å². The molecular formula is C17H14F3N3O3S. The summed E-state index contributed by atoms with van der Waals surface area (Å²) in [6.07, 6.45) is -3.18. The van der Waals surface area contributed by atoms with Gasteiger partial charge in [0.25, 0.3) is 5.91 Å². The van der Waals surface area contributed by atoms with Crippen LogP contribution < -0.4 is 15.4 Å². The van der Waals surface area contributed by atoms with E-state index in [-0.39, 0.29) is 18.3 Å². The number of nitrogens with one attached hydrogen (secondary N) is 2. The molecule has 1 aliphatic heterocycles. The van der Waals surface area contributed by atoms with Crippen molar-refractivity contribution in [3.8, 4) is 5.88 Å².